The molecular formula is C9H13F2N3OS. The number of ether oxygens (including phenoxy) is 1. The van der Waals surface area contributed by atoms with Crippen LogP contribution in [0, 0.1) is 0 Å². The maximum absolute atomic E-state index is 12.4. The molecule has 0 bridgehead atoms. The predicted molar refractivity (Wildman–Crippen MR) is 58.1 cm³/mol. The lowest BCUT2D eigenvalue weighted by molar-refractivity contribution is 0.117. The van der Waals surface area contributed by atoms with Crippen LogP contribution in [0.3, 0.4) is 0 Å². The number of halogens is 2. The summed E-state index contributed by atoms with van der Waals surface area (Å²) in [6, 6.07) is -1.23. The largest absolute Gasteiger partial charge is 0.378 e. The van der Waals surface area contributed by atoms with E-state index in [0.29, 0.717) is 18.1 Å². The van der Waals surface area contributed by atoms with Crippen molar-refractivity contribution in [1.82, 2.24) is 4.98 Å². The van der Waals surface area contributed by atoms with Gasteiger partial charge in [-0.3, -0.25) is 0 Å². The van der Waals surface area contributed by atoms with E-state index in [-0.39, 0.29) is 0 Å². The molecule has 2 heterocycles. The highest BCUT2D eigenvalue weighted by Gasteiger charge is 2.22. The molecule has 1 aliphatic heterocycles. The third-order valence-electron chi connectivity index (χ3n) is 2.39. The Morgan fingerprint density at radius 3 is 2.75 bits per heavy atom. The molecule has 1 atom stereocenters. The van der Waals surface area contributed by atoms with Gasteiger partial charge in [-0.2, -0.15) is 0 Å². The fourth-order valence-electron chi connectivity index (χ4n) is 1.46. The van der Waals surface area contributed by atoms with Gasteiger partial charge in [0.1, 0.15) is 6.04 Å². The fourth-order valence-corrected chi connectivity index (χ4v) is 2.43. The first-order valence-corrected chi connectivity index (χ1v) is 5.82. The Labute approximate surface area is 96.0 Å². The van der Waals surface area contributed by atoms with Crippen molar-refractivity contribution in [2.75, 3.05) is 31.2 Å². The van der Waals surface area contributed by atoms with Crippen LogP contribution in [0.1, 0.15) is 10.9 Å². The highest BCUT2D eigenvalue weighted by Crippen LogP contribution is 2.29. The molecule has 0 spiro atoms. The van der Waals surface area contributed by atoms with Crippen LogP contribution in [-0.4, -0.2) is 37.7 Å². The number of alkyl halides is 2. The highest BCUT2D eigenvalue weighted by molar-refractivity contribution is 7.15. The maximum Gasteiger partial charge on any atom is 0.258 e. The molecule has 0 aliphatic carbocycles. The first kappa shape index (κ1) is 11.7. The van der Waals surface area contributed by atoms with Crippen molar-refractivity contribution < 1.29 is 13.5 Å². The lowest BCUT2D eigenvalue weighted by Gasteiger charge is -2.26. The number of anilines is 1. The van der Waals surface area contributed by atoms with Crippen LogP contribution in [0.25, 0.3) is 0 Å². The van der Waals surface area contributed by atoms with Gasteiger partial charge in [-0.1, -0.05) is 0 Å². The SMILES string of the molecule is NC(c1cnc(N2CCOCC2)s1)C(F)F. The summed E-state index contributed by atoms with van der Waals surface area (Å²) >= 11 is 1.23. The van der Waals surface area contributed by atoms with Crippen LogP contribution in [0.5, 0.6) is 0 Å². The molecule has 16 heavy (non-hydrogen) atoms. The Hall–Kier alpha value is -0.790. The lowest BCUT2D eigenvalue weighted by atomic mass is 10.3. The van der Waals surface area contributed by atoms with Gasteiger partial charge >= 0.3 is 0 Å². The topological polar surface area (TPSA) is 51.4 Å². The summed E-state index contributed by atoms with van der Waals surface area (Å²) < 4.78 is 30.0. The van der Waals surface area contributed by atoms with Crippen LogP contribution in [0.15, 0.2) is 6.20 Å². The number of thiazole rings is 1. The molecule has 7 heteroatoms. The van der Waals surface area contributed by atoms with E-state index in [9.17, 15) is 8.78 Å². The molecule has 1 aromatic rings. The first-order valence-electron chi connectivity index (χ1n) is 5.00. The summed E-state index contributed by atoms with van der Waals surface area (Å²) in [5.74, 6) is 0. The van der Waals surface area contributed by atoms with E-state index in [1.54, 1.807) is 0 Å². The van der Waals surface area contributed by atoms with Crippen molar-refractivity contribution in [2.45, 2.75) is 12.5 Å². The molecule has 0 radical (unpaired) electrons. The van der Waals surface area contributed by atoms with Crippen LogP contribution >= 0.6 is 11.3 Å². The van der Waals surface area contributed by atoms with Crippen LogP contribution in [0.2, 0.25) is 0 Å². The Bertz CT molecular complexity index is 341. The quantitative estimate of drug-likeness (QED) is 0.875. The molecule has 1 saturated heterocycles. The number of nitrogens with two attached hydrogens (primary N) is 1. The normalized spacial score (nSPS) is 19.1. The Morgan fingerprint density at radius 2 is 2.12 bits per heavy atom. The average molecular weight is 249 g/mol. The zero-order chi connectivity index (χ0) is 11.5. The standard InChI is InChI=1S/C9H13F2N3OS/c10-8(11)7(12)6-5-13-9(16-6)14-1-3-15-4-2-14/h5,7-8H,1-4,12H2. The minimum absolute atomic E-state index is 0.427. The van der Waals surface area contributed by atoms with Gasteiger partial charge in [-0.15, -0.1) is 11.3 Å². The molecule has 2 rings (SSSR count). The maximum atomic E-state index is 12.4. The average Bonchev–Trinajstić information content (AvgIpc) is 2.78. The van der Waals surface area contributed by atoms with Gasteiger partial charge in [0.15, 0.2) is 5.13 Å². The first-order chi connectivity index (χ1) is 7.68. The highest BCUT2D eigenvalue weighted by atomic mass is 32.1. The monoisotopic (exact) mass is 249 g/mol. The molecule has 1 aromatic heterocycles. The van der Waals surface area contributed by atoms with Crippen molar-refractivity contribution >= 4 is 16.5 Å². The van der Waals surface area contributed by atoms with Gasteiger partial charge in [0.2, 0.25) is 0 Å². The summed E-state index contributed by atoms with van der Waals surface area (Å²) in [6.07, 6.45) is -1.11. The molecule has 2 N–H and O–H groups in total. The predicted octanol–water partition coefficient (Wildman–Crippen LogP) is 1.24. The van der Waals surface area contributed by atoms with Crippen LogP contribution in [0.4, 0.5) is 13.9 Å². The summed E-state index contributed by atoms with van der Waals surface area (Å²) in [5.41, 5.74) is 5.36. The zero-order valence-corrected chi connectivity index (χ0v) is 9.42. The molecule has 1 aliphatic rings. The Balaban J connectivity index is 2.06. The lowest BCUT2D eigenvalue weighted by Crippen LogP contribution is -2.36. The van der Waals surface area contributed by atoms with Crippen LogP contribution in [-0.2, 0) is 4.74 Å². The van der Waals surface area contributed by atoms with Crippen molar-refractivity contribution in [1.29, 1.82) is 0 Å². The van der Waals surface area contributed by atoms with Crippen molar-refractivity contribution in [3.63, 3.8) is 0 Å². The fraction of sp³-hybridized carbons (Fsp3) is 0.667. The Morgan fingerprint density at radius 1 is 1.44 bits per heavy atom. The number of hydrogen-bond donors (Lipinski definition) is 1. The molecular weight excluding hydrogens is 236 g/mol. The number of rotatable bonds is 3. The minimum Gasteiger partial charge on any atom is -0.378 e. The van der Waals surface area contributed by atoms with Gasteiger partial charge in [-0.25, -0.2) is 13.8 Å². The molecule has 1 unspecified atom stereocenters. The van der Waals surface area contributed by atoms with Gasteiger partial charge in [0.25, 0.3) is 6.43 Å². The summed E-state index contributed by atoms with van der Waals surface area (Å²) in [5, 5.41) is 0.745. The Kier molecular flexibility index (Phi) is 3.67. The van der Waals surface area contributed by atoms with Gasteiger partial charge in [-0.05, 0) is 0 Å². The van der Waals surface area contributed by atoms with Crippen molar-refractivity contribution in [3.05, 3.63) is 11.1 Å². The van der Waals surface area contributed by atoms with Crippen LogP contribution < -0.4 is 10.6 Å². The van der Waals surface area contributed by atoms with Gasteiger partial charge < -0.3 is 15.4 Å². The number of nitrogens with zero attached hydrogens (tertiary/aromatic N) is 2. The third-order valence-corrected chi connectivity index (χ3v) is 3.55. The van der Waals surface area contributed by atoms with E-state index in [2.05, 4.69) is 4.98 Å². The smallest absolute Gasteiger partial charge is 0.258 e. The molecule has 90 valence electrons. The zero-order valence-electron chi connectivity index (χ0n) is 8.60. The van der Waals surface area contributed by atoms with E-state index in [1.165, 1.54) is 17.5 Å². The molecule has 0 aromatic carbocycles. The van der Waals surface area contributed by atoms with Crippen molar-refractivity contribution in [2.24, 2.45) is 5.73 Å². The second-order valence-corrected chi connectivity index (χ2v) is 4.55. The minimum atomic E-state index is -2.54. The van der Waals surface area contributed by atoms with E-state index in [1.807, 2.05) is 4.90 Å². The van der Waals surface area contributed by atoms with E-state index in [4.69, 9.17) is 10.5 Å². The van der Waals surface area contributed by atoms with Gasteiger partial charge in [0, 0.05) is 24.2 Å². The van der Waals surface area contributed by atoms with E-state index >= 15 is 0 Å². The summed E-state index contributed by atoms with van der Waals surface area (Å²) in [4.78, 5) is 6.57. The molecule has 4 nitrogen and oxygen atoms in total. The van der Waals surface area contributed by atoms with Gasteiger partial charge in [0.05, 0.1) is 13.2 Å². The summed E-state index contributed by atoms with van der Waals surface area (Å²) in [6.45, 7) is 2.79. The second kappa shape index (κ2) is 5.03. The number of morpholine rings is 1. The number of aromatic nitrogens is 1. The van der Waals surface area contributed by atoms with E-state index in [0.717, 1.165) is 18.2 Å². The second-order valence-electron chi connectivity index (χ2n) is 3.50. The molecule has 0 amide bonds. The molecule has 1 fully saturated rings. The summed E-state index contributed by atoms with van der Waals surface area (Å²) in [7, 11) is 0. The number of hydrogen-bond acceptors (Lipinski definition) is 5. The third kappa shape index (κ3) is 2.47. The van der Waals surface area contributed by atoms with Crippen molar-refractivity contribution in [3.8, 4) is 0 Å². The van der Waals surface area contributed by atoms with E-state index < -0.39 is 12.5 Å². The molecule has 0 saturated carbocycles.